The lowest BCUT2D eigenvalue weighted by Crippen LogP contribution is -2.60. The van der Waals surface area contributed by atoms with Crippen molar-refractivity contribution in [3.8, 4) is 0 Å². The van der Waals surface area contributed by atoms with Gasteiger partial charge in [-0.2, -0.15) is 0 Å². The van der Waals surface area contributed by atoms with Crippen molar-refractivity contribution in [2.24, 2.45) is 34.5 Å². The maximum atomic E-state index is 13.3. The van der Waals surface area contributed by atoms with Crippen molar-refractivity contribution < 1.29 is 18.4 Å². The summed E-state index contributed by atoms with van der Waals surface area (Å²) < 4.78 is 26.6. The van der Waals surface area contributed by atoms with E-state index in [9.17, 15) is 18.4 Å². The third-order valence-electron chi connectivity index (χ3n) is 9.02. The summed E-state index contributed by atoms with van der Waals surface area (Å²) in [4.78, 5) is 24.9. The fraction of sp³-hybridized carbons (Fsp3) is 0.826. The Balaban J connectivity index is 1.55. The van der Waals surface area contributed by atoms with Crippen molar-refractivity contribution in [3.63, 3.8) is 0 Å². The average molecular weight is 409 g/mol. The van der Waals surface area contributed by atoms with Crippen LogP contribution in [0.15, 0.2) is 12.2 Å². The van der Waals surface area contributed by atoms with Gasteiger partial charge in [-0.3, -0.25) is 9.59 Å². The molecule has 3 fully saturated rings. The molecule has 4 aliphatic rings. The van der Waals surface area contributed by atoms with Gasteiger partial charge in [0.25, 0.3) is 0 Å². The highest BCUT2D eigenvalue weighted by Gasteiger charge is 2.61. The van der Waals surface area contributed by atoms with Crippen molar-refractivity contribution in [1.82, 2.24) is 10.6 Å². The molecular formula is C23H34F2N2O2. The van der Waals surface area contributed by atoms with Crippen LogP contribution in [0.1, 0.15) is 59.3 Å². The van der Waals surface area contributed by atoms with E-state index in [2.05, 4.69) is 30.6 Å². The van der Waals surface area contributed by atoms with Gasteiger partial charge in [0.2, 0.25) is 11.8 Å². The van der Waals surface area contributed by atoms with Gasteiger partial charge in [0.15, 0.2) is 0 Å². The molecule has 0 aromatic carbocycles. The number of carbonyl (C=O) groups excluding carboxylic acids is 2. The molecule has 0 radical (unpaired) electrons. The molecule has 3 saturated carbocycles. The van der Waals surface area contributed by atoms with Gasteiger partial charge in [-0.1, -0.05) is 19.9 Å². The maximum absolute atomic E-state index is 13.3. The average Bonchev–Trinajstić information content (AvgIpc) is 3.05. The lowest BCUT2D eigenvalue weighted by Gasteiger charge is -2.58. The molecule has 2 N–H and O–H groups in total. The van der Waals surface area contributed by atoms with Crippen LogP contribution in [0, 0.1) is 34.5 Å². The van der Waals surface area contributed by atoms with Crippen LogP contribution >= 0.6 is 0 Å². The van der Waals surface area contributed by atoms with Crippen molar-refractivity contribution in [1.29, 1.82) is 0 Å². The summed E-state index contributed by atoms with van der Waals surface area (Å²) in [6.45, 7) is 4.14. The standard InChI is InChI=1S/C23H34F2N2O2/c1-21(12-24,13-25)27-20(29)17-6-5-15-14-4-7-18-23(3,11-9-19(28)26-18)16(14)8-10-22(15,17)2/h9,11,14-18H,4-8,10,12-13H2,1-3H3,(H,26,28)(H,27,29)/t14-,15-,16+,17?,18?,22-,23+/m0/s1. The first-order chi connectivity index (χ1) is 13.7. The van der Waals surface area contributed by atoms with E-state index in [1.54, 1.807) is 6.08 Å². The largest absolute Gasteiger partial charge is 0.349 e. The molecule has 0 bridgehead atoms. The second-order valence-electron chi connectivity index (χ2n) is 10.7. The second kappa shape index (κ2) is 7.05. The third kappa shape index (κ3) is 3.12. The predicted molar refractivity (Wildman–Crippen MR) is 107 cm³/mol. The van der Waals surface area contributed by atoms with E-state index in [0.717, 1.165) is 38.5 Å². The van der Waals surface area contributed by atoms with Crippen LogP contribution in [0.25, 0.3) is 0 Å². The van der Waals surface area contributed by atoms with Crippen LogP contribution in [0.4, 0.5) is 8.78 Å². The predicted octanol–water partition coefficient (Wildman–Crippen LogP) is 3.71. The van der Waals surface area contributed by atoms with Crippen LogP contribution in [-0.4, -0.2) is 36.7 Å². The Bertz CT molecular complexity index is 722. The molecule has 6 heteroatoms. The number of nitrogens with one attached hydrogen (secondary N) is 2. The minimum atomic E-state index is -1.42. The number of alkyl halides is 2. The summed E-state index contributed by atoms with van der Waals surface area (Å²) in [5.41, 5.74) is -1.57. The number of hydrogen-bond donors (Lipinski definition) is 2. The quantitative estimate of drug-likeness (QED) is 0.745. The number of halogens is 2. The van der Waals surface area contributed by atoms with Gasteiger partial charge in [-0.25, -0.2) is 8.78 Å². The lowest BCUT2D eigenvalue weighted by molar-refractivity contribution is -0.136. The highest BCUT2D eigenvalue weighted by atomic mass is 19.1. The van der Waals surface area contributed by atoms with Crippen LogP contribution in [0.2, 0.25) is 0 Å². The molecule has 0 aromatic heterocycles. The van der Waals surface area contributed by atoms with Crippen LogP contribution in [0.3, 0.4) is 0 Å². The fourth-order valence-electron chi connectivity index (χ4n) is 7.25. The third-order valence-corrected chi connectivity index (χ3v) is 9.02. The van der Waals surface area contributed by atoms with Crippen molar-refractivity contribution in [2.45, 2.75) is 70.9 Å². The lowest BCUT2D eigenvalue weighted by atomic mass is 9.48. The van der Waals surface area contributed by atoms with Crippen LogP contribution in [0.5, 0.6) is 0 Å². The van der Waals surface area contributed by atoms with E-state index in [1.807, 2.05) is 0 Å². The van der Waals surface area contributed by atoms with E-state index >= 15 is 0 Å². The molecule has 4 nitrogen and oxygen atoms in total. The van der Waals surface area contributed by atoms with E-state index in [-0.39, 0.29) is 34.6 Å². The molecule has 4 rings (SSSR count). The molecule has 0 spiro atoms. The van der Waals surface area contributed by atoms with Crippen LogP contribution in [-0.2, 0) is 9.59 Å². The molecule has 2 unspecified atom stereocenters. The van der Waals surface area contributed by atoms with Gasteiger partial charge in [0, 0.05) is 17.4 Å². The smallest absolute Gasteiger partial charge is 0.243 e. The molecular weight excluding hydrogens is 374 g/mol. The Morgan fingerprint density at radius 2 is 1.90 bits per heavy atom. The summed E-state index contributed by atoms with van der Waals surface area (Å²) in [6.07, 6.45) is 9.61. The summed E-state index contributed by atoms with van der Waals surface area (Å²) in [6, 6.07) is 0.195. The Hall–Kier alpha value is -1.46. The number of rotatable bonds is 4. The highest BCUT2D eigenvalue weighted by Crippen LogP contribution is 2.65. The Labute approximate surface area is 172 Å². The van der Waals surface area contributed by atoms with E-state index in [4.69, 9.17) is 0 Å². The van der Waals surface area contributed by atoms with E-state index in [0.29, 0.717) is 17.8 Å². The number of amides is 2. The summed E-state index contributed by atoms with van der Waals surface area (Å²) in [7, 11) is 0. The number of fused-ring (bicyclic) bond motifs is 5. The minimum Gasteiger partial charge on any atom is -0.349 e. The Morgan fingerprint density at radius 1 is 1.17 bits per heavy atom. The van der Waals surface area contributed by atoms with E-state index < -0.39 is 18.9 Å². The molecule has 29 heavy (non-hydrogen) atoms. The van der Waals surface area contributed by atoms with Gasteiger partial charge < -0.3 is 10.6 Å². The summed E-state index contributed by atoms with van der Waals surface area (Å²) in [5, 5.41) is 5.84. The van der Waals surface area contributed by atoms with Crippen molar-refractivity contribution >= 4 is 11.8 Å². The molecule has 7 atom stereocenters. The molecule has 1 heterocycles. The first-order valence-electron chi connectivity index (χ1n) is 11.1. The normalized spacial score (nSPS) is 43.8. The Morgan fingerprint density at radius 3 is 2.59 bits per heavy atom. The fourth-order valence-corrected chi connectivity index (χ4v) is 7.25. The molecule has 2 amide bonds. The number of carbonyl (C=O) groups is 2. The molecule has 0 saturated heterocycles. The zero-order chi connectivity index (χ0) is 21.0. The van der Waals surface area contributed by atoms with E-state index in [1.165, 1.54) is 6.92 Å². The topological polar surface area (TPSA) is 58.2 Å². The zero-order valence-corrected chi connectivity index (χ0v) is 17.8. The van der Waals surface area contributed by atoms with Gasteiger partial charge in [0.1, 0.15) is 13.3 Å². The zero-order valence-electron chi connectivity index (χ0n) is 17.8. The second-order valence-corrected chi connectivity index (χ2v) is 10.7. The van der Waals surface area contributed by atoms with Gasteiger partial charge in [0.05, 0.1) is 5.54 Å². The summed E-state index contributed by atoms with van der Waals surface area (Å²) >= 11 is 0. The maximum Gasteiger partial charge on any atom is 0.243 e. The van der Waals surface area contributed by atoms with Gasteiger partial charge >= 0.3 is 0 Å². The monoisotopic (exact) mass is 408 g/mol. The first-order valence-corrected chi connectivity index (χ1v) is 11.1. The Kier molecular flexibility index (Phi) is 5.06. The molecule has 162 valence electrons. The first kappa shape index (κ1) is 20.8. The number of hydrogen-bond acceptors (Lipinski definition) is 2. The molecule has 0 aromatic rings. The summed E-state index contributed by atoms with van der Waals surface area (Å²) in [5.74, 6) is 1.12. The van der Waals surface area contributed by atoms with Crippen molar-refractivity contribution in [3.05, 3.63) is 12.2 Å². The molecule has 3 aliphatic carbocycles. The highest BCUT2D eigenvalue weighted by molar-refractivity contribution is 5.89. The molecule has 1 aliphatic heterocycles. The van der Waals surface area contributed by atoms with Gasteiger partial charge in [-0.05, 0) is 74.7 Å². The SMILES string of the molecule is CC(CF)(CF)NC(=O)C1CC[C@H]2[C@@H]3CCC4NC(=O)C=C[C@]4(C)[C@@H]3CC[C@]12C. The van der Waals surface area contributed by atoms with Crippen LogP contribution < -0.4 is 10.6 Å². The van der Waals surface area contributed by atoms with Crippen molar-refractivity contribution in [2.75, 3.05) is 13.3 Å². The minimum absolute atomic E-state index is 0.00736. The van der Waals surface area contributed by atoms with Gasteiger partial charge in [-0.15, -0.1) is 0 Å².